The van der Waals surface area contributed by atoms with Gasteiger partial charge in [-0.3, -0.25) is 9.69 Å². The lowest BCUT2D eigenvalue weighted by Gasteiger charge is -2.34. The minimum atomic E-state index is -1.20. The standard InChI is InChI=1S/C24H31FN2O4/c1-15(2)11-19-12-22(17-5-7-18(25)8-6-17)27(24(26-19)16(3)4)10-9-20(28)13-21(29)14-23(30)31/h5-8,12,15-16,20-22,28-29H,11,13-14H2,1-4H3,(H,30,31)/t20-,21-,22?/m1/s1. The minimum absolute atomic E-state index is 0.0443. The second-order valence-electron chi connectivity index (χ2n) is 8.51. The third-order valence-electron chi connectivity index (χ3n) is 4.74. The van der Waals surface area contributed by atoms with E-state index in [9.17, 15) is 19.4 Å². The summed E-state index contributed by atoms with van der Waals surface area (Å²) in [5.74, 6) is 2.42. The third-order valence-corrected chi connectivity index (χ3v) is 4.74. The van der Waals surface area contributed by atoms with Crippen LogP contribution in [0.3, 0.4) is 0 Å². The summed E-state index contributed by atoms with van der Waals surface area (Å²) in [5, 5.41) is 28.7. The fourth-order valence-corrected chi connectivity index (χ4v) is 3.35. The van der Waals surface area contributed by atoms with Crippen molar-refractivity contribution in [2.75, 3.05) is 0 Å². The fourth-order valence-electron chi connectivity index (χ4n) is 3.35. The van der Waals surface area contributed by atoms with Gasteiger partial charge >= 0.3 is 5.97 Å². The van der Waals surface area contributed by atoms with Crippen molar-refractivity contribution in [1.82, 2.24) is 4.90 Å². The summed E-state index contributed by atoms with van der Waals surface area (Å²) in [7, 11) is 0. The van der Waals surface area contributed by atoms with Crippen molar-refractivity contribution in [1.29, 1.82) is 0 Å². The molecule has 0 radical (unpaired) electrons. The average Bonchev–Trinajstić information content (AvgIpc) is 2.65. The molecule has 1 aromatic rings. The number of halogens is 1. The molecule has 0 bridgehead atoms. The fraction of sp³-hybridized carbons (Fsp3) is 0.500. The molecule has 168 valence electrons. The molecular weight excluding hydrogens is 399 g/mol. The lowest BCUT2D eigenvalue weighted by molar-refractivity contribution is -0.139. The number of allylic oxidation sites excluding steroid dienone is 1. The highest BCUT2D eigenvalue weighted by atomic mass is 19.1. The van der Waals surface area contributed by atoms with Crippen LogP contribution in [-0.2, 0) is 4.79 Å². The number of benzene rings is 1. The van der Waals surface area contributed by atoms with Crippen LogP contribution in [0.25, 0.3) is 0 Å². The van der Waals surface area contributed by atoms with Gasteiger partial charge in [0.2, 0.25) is 0 Å². The van der Waals surface area contributed by atoms with E-state index >= 15 is 0 Å². The number of rotatable bonds is 8. The van der Waals surface area contributed by atoms with E-state index in [1.54, 1.807) is 17.0 Å². The smallest absolute Gasteiger partial charge is 0.305 e. The molecular formula is C24H31FN2O4. The normalized spacial score (nSPS) is 18.2. The Balaban J connectivity index is 2.38. The molecule has 1 unspecified atom stereocenters. The Morgan fingerprint density at radius 2 is 1.84 bits per heavy atom. The molecule has 3 N–H and O–H groups in total. The first-order valence-corrected chi connectivity index (χ1v) is 10.5. The van der Waals surface area contributed by atoms with Crippen LogP contribution in [0.1, 0.15) is 58.6 Å². The van der Waals surface area contributed by atoms with E-state index in [-0.39, 0.29) is 24.2 Å². The molecule has 6 nitrogen and oxygen atoms in total. The van der Waals surface area contributed by atoms with Crippen molar-refractivity contribution < 1.29 is 24.5 Å². The molecule has 1 aliphatic rings. The molecule has 0 spiro atoms. The SMILES string of the molecule is CC(C)CC1=CC(c2ccc(F)cc2)N(C#C[C@@H](O)C[C@@H](O)CC(=O)O)C(C(C)C)=N1. The van der Waals surface area contributed by atoms with E-state index < -0.39 is 24.6 Å². The van der Waals surface area contributed by atoms with E-state index in [0.717, 1.165) is 23.5 Å². The van der Waals surface area contributed by atoms with E-state index in [2.05, 4.69) is 25.8 Å². The molecule has 0 saturated heterocycles. The van der Waals surface area contributed by atoms with Gasteiger partial charge in [0.1, 0.15) is 17.8 Å². The lowest BCUT2D eigenvalue weighted by atomic mass is 9.97. The predicted octanol–water partition coefficient (Wildman–Crippen LogP) is 3.71. The van der Waals surface area contributed by atoms with E-state index in [1.807, 2.05) is 19.9 Å². The van der Waals surface area contributed by atoms with Crippen molar-refractivity contribution in [3.63, 3.8) is 0 Å². The van der Waals surface area contributed by atoms with Crippen LogP contribution in [-0.4, -0.2) is 44.2 Å². The van der Waals surface area contributed by atoms with Gasteiger partial charge in [-0.2, -0.15) is 0 Å². The van der Waals surface area contributed by atoms with Gasteiger partial charge in [0, 0.05) is 24.1 Å². The summed E-state index contributed by atoms with van der Waals surface area (Å²) in [6.45, 7) is 8.23. The average molecular weight is 431 g/mol. The van der Waals surface area contributed by atoms with Gasteiger partial charge in [-0.1, -0.05) is 39.8 Å². The van der Waals surface area contributed by atoms with Crippen LogP contribution in [0.2, 0.25) is 0 Å². The van der Waals surface area contributed by atoms with E-state index in [4.69, 9.17) is 10.1 Å². The van der Waals surface area contributed by atoms with Gasteiger partial charge in [-0.15, -0.1) is 0 Å². The largest absolute Gasteiger partial charge is 0.481 e. The molecule has 1 aliphatic heterocycles. The van der Waals surface area contributed by atoms with Crippen molar-refractivity contribution in [3.8, 4) is 12.0 Å². The topological polar surface area (TPSA) is 93.4 Å². The summed E-state index contributed by atoms with van der Waals surface area (Å²) in [6.07, 6.45) is -0.222. The molecule has 1 heterocycles. The van der Waals surface area contributed by atoms with Gasteiger partial charge in [0.25, 0.3) is 0 Å². The summed E-state index contributed by atoms with van der Waals surface area (Å²) in [5.41, 5.74) is 1.77. The van der Waals surface area contributed by atoms with Gasteiger partial charge in [0.05, 0.1) is 18.6 Å². The molecule has 3 atom stereocenters. The number of aliphatic imine (C=N–C) groups is 1. The summed E-state index contributed by atoms with van der Waals surface area (Å²) in [6, 6.07) is 8.84. The highest BCUT2D eigenvalue weighted by molar-refractivity contribution is 5.88. The molecule has 7 heteroatoms. The van der Waals surface area contributed by atoms with Gasteiger partial charge < -0.3 is 15.3 Å². The van der Waals surface area contributed by atoms with Crippen LogP contribution >= 0.6 is 0 Å². The first-order chi connectivity index (χ1) is 14.6. The number of aliphatic hydroxyl groups excluding tert-OH is 2. The zero-order valence-corrected chi connectivity index (χ0v) is 18.4. The van der Waals surface area contributed by atoms with Crippen molar-refractivity contribution in [3.05, 3.63) is 47.4 Å². The number of carboxylic acids is 1. The lowest BCUT2D eigenvalue weighted by Crippen LogP contribution is -2.36. The number of hydrogen-bond donors (Lipinski definition) is 3. The second kappa shape index (κ2) is 11.1. The van der Waals surface area contributed by atoms with Gasteiger partial charge in [-0.25, -0.2) is 9.38 Å². The van der Waals surface area contributed by atoms with Crippen LogP contribution < -0.4 is 0 Å². The maximum absolute atomic E-state index is 13.5. The molecule has 2 rings (SSSR count). The van der Waals surface area contributed by atoms with E-state index in [1.165, 1.54) is 12.1 Å². The Morgan fingerprint density at radius 1 is 1.19 bits per heavy atom. The van der Waals surface area contributed by atoms with Crippen molar-refractivity contribution in [2.45, 2.75) is 65.2 Å². The molecule has 0 aromatic heterocycles. The third kappa shape index (κ3) is 7.50. The van der Waals surface area contributed by atoms with Crippen LogP contribution in [0.15, 0.2) is 41.0 Å². The first kappa shape index (κ1) is 24.6. The number of amidine groups is 1. The van der Waals surface area contributed by atoms with Crippen molar-refractivity contribution in [2.24, 2.45) is 16.8 Å². The Bertz CT molecular complexity index is 881. The molecule has 0 fully saturated rings. The van der Waals surface area contributed by atoms with Crippen molar-refractivity contribution >= 4 is 11.8 Å². The number of aliphatic hydroxyl groups is 2. The second-order valence-corrected chi connectivity index (χ2v) is 8.51. The highest BCUT2D eigenvalue weighted by Crippen LogP contribution is 2.32. The Hall–Kier alpha value is -2.69. The van der Waals surface area contributed by atoms with Crippen LogP contribution in [0.5, 0.6) is 0 Å². The molecule has 1 aromatic carbocycles. The number of nitrogens with zero attached hydrogens (tertiary/aromatic N) is 2. The van der Waals surface area contributed by atoms with Crippen LogP contribution in [0, 0.1) is 29.6 Å². The Labute approximate surface area is 183 Å². The molecule has 0 amide bonds. The minimum Gasteiger partial charge on any atom is -0.481 e. The Kier molecular flexibility index (Phi) is 8.78. The molecule has 0 aliphatic carbocycles. The number of aliphatic carboxylic acids is 1. The highest BCUT2D eigenvalue weighted by Gasteiger charge is 2.28. The molecule has 0 saturated carbocycles. The maximum atomic E-state index is 13.5. The summed E-state index contributed by atoms with van der Waals surface area (Å²) in [4.78, 5) is 17.3. The first-order valence-electron chi connectivity index (χ1n) is 10.5. The zero-order valence-electron chi connectivity index (χ0n) is 18.4. The number of carbonyl (C=O) groups is 1. The molecule has 31 heavy (non-hydrogen) atoms. The quantitative estimate of drug-likeness (QED) is 0.547. The summed E-state index contributed by atoms with van der Waals surface area (Å²) < 4.78 is 13.5. The van der Waals surface area contributed by atoms with Gasteiger partial charge in [0.15, 0.2) is 0 Å². The number of hydrogen-bond acceptors (Lipinski definition) is 5. The monoisotopic (exact) mass is 430 g/mol. The van der Waals surface area contributed by atoms with Crippen LogP contribution in [0.4, 0.5) is 4.39 Å². The van der Waals surface area contributed by atoms with E-state index in [0.29, 0.717) is 5.92 Å². The summed E-state index contributed by atoms with van der Waals surface area (Å²) >= 11 is 0. The predicted molar refractivity (Wildman–Crippen MR) is 117 cm³/mol. The Morgan fingerprint density at radius 3 is 2.39 bits per heavy atom. The zero-order chi connectivity index (χ0) is 23.1. The van der Waals surface area contributed by atoms with Gasteiger partial charge in [-0.05, 0) is 42.0 Å². The maximum Gasteiger partial charge on any atom is 0.305 e. The number of carboxylic acid groups (broad SMARTS) is 1.